The Labute approximate surface area is 238 Å². The summed E-state index contributed by atoms with van der Waals surface area (Å²) in [4.78, 5) is 82.6. The van der Waals surface area contributed by atoms with Gasteiger partial charge in [-0.2, -0.15) is 4.90 Å². The largest absolute Gasteiger partial charge is 0.342 e. The zero-order valence-corrected chi connectivity index (χ0v) is 23.4. The van der Waals surface area contributed by atoms with Crippen molar-refractivity contribution < 1.29 is 28.8 Å². The number of urea groups is 1. The van der Waals surface area contributed by atoms with Crippen molar-refractivity contribution in [2.45, 2.75) is 39.3 Å². The average Bonchev–Trinajstić information content (AvgIpc) is 3.19. The molecular formula is C30H33N5O6. The molecule has 214 valence electrons. The number of carbonyl (C=O) groups excluding carboxylic acids is 6. The fraction of sp³-hybridized carbons (Fsp3) is 0.333. The Balaban J connectivity index is 1.65. The lowest BCUT2D eigenvalue weighted by atomic mass is 9.97. The van der Waals surface area contributed by atoms with Crippen LogP contribution < -0.4 is 5.32 Å². The molecule has 0 spiro atoms. The molecule has 2 aliphatic heterocycles. The Hall–Kier alpha value is -4.80. The Kier molecular flexibility index (Phi) is 8.65. The standard InChI is InChI=1S/C30H33N5O6/c1-19(2)27-29(40)34(24(16-33(27)20(3)36)22-13-9-6-10-14-22)17-25(37)31-23(15-21-11-7-5-8-12-21)28(39)35-26(38)18-32(4)30(35)41/h5-14,16,19,23,27H,15,17-18H2,1-4H3,(H,31,37)/t23-,27?/m0/s1. The van der Waals surface area contributed by atoms with Crippen molar-refractivity contribution in [3.8, 4) is 0 Å². The maximum atomic E-state index is 13.8. The molecule has 41 heavy (non-hydrogen) atoms. The molecule has 7 amide bonds. The maximum Gasteiger partial charge on any atom is 0.333 e. The van der Waals surface area contributed by atoms with Gasteiger partial charge in [0.2, 0.25) is 11.8 Å². The molecule has 1 saturated heterocycles. The highest BCUT2D eigenvalue weighted by Crippen LogP contribution is 2.30. The van der Waals surface area contributed by atoms with Crippen LogP contribution in [0.1, 0.15) is 31.9 Å². The number of amides is 7. The summed E-state index contributed by atoms with van der Waals surface area (Å²) < 4.78 is 0. The van der Waals surface area contributed by atoms with E-state index in [0.717, 1.165) is 4.90 Å². The van der Waals surface area contributed by atoms with Crippen molar-refractivity contribution in [3.05, 3.63) is 78.0 Å². The lowest BCUT2D eigenvalue weighted by Gasteiger charge is -2.40. The molecule has 0 saturated carbocycles. The number of nitrogens with zero attached hydrogens (tertiary/aromatic N) is 4. The molecule has 2 aromatic rings. The van der Waals surface area contributed by atoms with Gasteiger partial charge in [-0.05, 0) is 17.0 Å². The van der Waals surface area contributed by atoms with E-state index in [2.05, 4.69) is 5.32 Å². The zero-order chi connectivity index (χ0) is 29.8. The number of hydrogen-bond donors (Lipinski definition) is 1. The van der Waals surface area contributed by atoms with Crippen molar-refractivity contribution in [2.24, 2.45) is 5.92 Å². The molecule has 11 nitrogen and oxygen atoms in total. The third-order valence-electron chi connectivity index (χ3n) is 7.01. The third-order valence-corrected chi connectivity index (χ3v) is 7.01. The summed E-state index contributed by atoms with van der Waals surface area (Å²) in [6.45, 7) is 4.31. The van der Waals surface area contributed by atoms with E-state index in [1.807, 2.05) is 19.9 Å². The number of carbonyl (C=O) groups is 6. The first-order valence-corrected chi connectivity index (χ1v) is 13.3. The summed E-state index contributed by atoms with van der Waals surface area (Å²) in [5.41, 5.74) is 1.68. The van der Waals surface area contributed by atoms with E-state index in [1.165, 1.54) is 23.8 Å². The summed E-state index contributed by atoms with van der Waals surface area (Å²) in [6.07, 6.45) is 1.59. The summed E-state index contributed by atoms with van der Waals surface area (Å²) in [5.74, 6) is -3.20. The molecule has 2 heterocycles. The van der Waals surface area contributed by atoms with Crippen LogP contribution in [-0.2, 0) is 30.4 Å². The second-order valence-corrected chi connectivity index (χ2v) is 10.4. The number of benzene rings is 2. The molecule has 4 rings (SSSR count). The highest BCUT2D eigenvalue weighted by Gasteiger charge is 2.43. The lowest BCUT2D eigenvalue weighted by molar-refractivity contribution is -0.145. The van der Waals surface area contributed by atoms with E-state index >= 15 is 0 Å². The van der Waals surface area contributed by atoms with Crippen molar-refractivity contribution in [1.82, 2.24) is 24.9 Å². The van der Waals surface area contributed by atoms with Crippen LogP contribution in [0.5, 0.6) is 0 Å². The summed E-state index contributed by atoms with van der Waals surface area (Å²) in [6, 6.07) is 14.9. The first-order chi connectivity index (χ1) is 19.5. The number of hydrogen-bond acceptors (Lipinski definition) is 6. The minimum absolute atomic E-state index is 0.0221. The normalized spacial score (nSPS) is 18.1. The molecule has 0 radical (unpaired) electrons. The van der Waals surface area contributed by atoms with Gasteiger partial charge < -0.3 is 15.1 Å². The van der Waals surface area contributed by atoms with Crippen molar-refractivity contribution in [3.63, 3.8) is 0 Å². The molecule has 1 unspecified atom stereocenters. The fourth-order valence-electron chi connectivity index (χ4n) is 5.00. The SMILES string of the molecule is CC(=O)N1C=C(c2ccccc2)N(CC(=O)N[C@@H](Cc2ccccc2)C(=O)N2C(=O)CN(C)C2=O)C(=O)C1C(C)C. The predicted octanol–water partition coefficient (Wildman–Crippen LogP) is 1.85. The van der Waals surface area contributed by atoms with Crippen LogP contribution in [-0.4, -0.2) is 87.4 Å². The van der Waals surface area contributed by atoms with Crippen LogP contribution in [0.15, 0.2) is 66.9 Å². The van der Waals surface area contributed by atoms with Crippen LogP contribution in [0, 0.1) is 5.92 Å². The van der Waals surface area contributed by atoms with Crippen molar-refractivity contribution in [1.29, 1.82) is 0 Å². The van der Waals surface area contributed by atoms with Crippen LogP contribution in [0.2, 0.25) is 0 Å². The van der Waals surface area contributed by atoms with E-state index in [1.54, 1.807) is 60.8 Å². The third kappa shape index (κ3) is 6.19. The molecular weight excluding hydrogens is 526 g/mol. The monoisotopic (exact) mass is 559 g/mol. The Morgan fingerprint density at radius 3 is 2.10 bits per heavy atom. The topological polar surface area (TPSA) is 127 Å². The van der Waals surface area contributed by atoms with Gasteiger partial charge in [0.15, 0.2) is 0 Å². The fourth-order valence-corrected chi connectivity index (χ4v) is 5.00. The second-order valence-electron chi connectivity index (χ2n) is 10.4. The van der Waals surface area contributed by atoms with Crippen LogP contribution in [0.4, 0.5) is 4.79 Å². The van der Waals surface area contributed by atoms with E-state index in [-0.39, 0.29) is 24.8 Å². The van der Waals surface area contributed by atoms with Crippen LogP contribution in [0.3, 0.4) is 0 Å². The van der Waals surface area contributed by atoms with Gasteiger partial charge in [-0.15, -0.1) is 0 Å². The van der Waals surface area contributed by atoms with E-state index in [4.69, 9.17) is 0 Å². The molecule has 2 aromatic carbocycles. The summed E-state index contributed by atoms with van der Waals surface area (Å²) in [7, 11) is 1.41. The van der Waals surface area contributed by atoms with Gasteiger partial charge in [0.25, 0.3) is 17.7 Å². The minimum Gasteiger partial charge on any atom is -0.342 e. The van der Waals surface area contributed by atoms with Crippen LogP contribution >= 0.6 is 0 Å². The summed E-state index contributed by atoms with van der Waals surface area (Å²) >= 11 is 0. The number of likely N-dealkylation sites (N-methyl/N-ethyl adjacent to an activating group) is 1. The van der Waals surface area contributed by atoms with Crippen molar-refractivity contribution >= 4 is 41.3 Å². The van der Waals surface area contributed by atoms with E-state index in [9.17, 15) is 28.8 Å². The van der Waals surface area contributed by atoms with Gasteiger partial charge in [-0.3, -0.25) is 28.9 Å². The Morgan fingerprint density at radius 1 is 0.951 bits per heavy atom. The number of imide groups is 3. The van der Waals surface area contributed by atoms with Gasteiger partial charge in [0.1, 0.15) is 25.2 Å². The molecule has 0 bridgehead atoms. The molecule has 0 aliphatic carbocycles. The second kappa shape index (κ2) is 12.2. The van der Waals surface area contributed by atoms with E-state index in [0.29, 0.717) is 21.7 Å². The Morgan fingerprint density at radius 2 is 1.56 bits per heavy atom. The van der Waals surface area contributed by atoms with Gasteiger partial charge >= 0.3 is 6.03 Å². The molecule has 2 atom stereocenters. The smallest absolute Gasteiger partial charge is 0.333 e. The lowest BCUT2D eigenvalue weighted by Crippen LogP contribution is -2.57. The van der Waals surface area contributed by atoms with Gasteiger partial charge in [0.05, 0.1) is 5.70 Å². The highest BCUT2D eigenvalue weighted by molar-refractivity contribution is 6.16. The zero-order valence-electron chi connectivity index (χ0n) is 23.4. The molecule has 2 aliphatic rings. The molecule has 0 aromatic heterocycles. The first-order valence-electron chi connectivity index (χ1n) is 13.3. The maximum absolute atomic E-state index is 13.8. The highest BCUT2D eigenvalue weighted by atomic mass is 16.2. The molecule has 1 N–H and O–H groups in total. The van der Waals surface area contributed by atoms with Gasteiger partial charge in [-0.25, -0.2) is 4.79 Å². The summed E-state index contributed by atoms with van der Waals surface area (Å²) in [5, 5.41) is 2.66. The van der Waals surface area contributed by atoms with Gasteiger partial charge in [0, 0.05) is 26.6 Å². The van der Waals surface area contributed by atoms with Gasteiger partial charge in [-0.1, -0.05) is 74.5 Å². The average molecular weight is 560 g/mol. The Bertz CT molecular complexity index is 1390. The quantitative estimate of drug-likeness (QED) is 0.492. The predicted molar refractivity (Wildman–Crippen MR) is 149 cm³/mol. The molecule has 11 heteroatoms. The number of nitrogens with one attached hydrogen (secondary N) is 1. The first kappa shape index (κ1) is 29.2. The van der Waals surface area contributed by atoms with Crippen molar-refractivity contribution in [2.75, 3.05) is 20.1 Å². The minimum atomic E-state index is -1.25. The van der Waals surface area contributed by atoms with Crippen LogP contribution in [0.25, 0.3) is 5.70 Å². The molecule has 1 fully saturated rings. The number of rotatable bonds is 8. The van der Waals surface area contributed by atoms with E-state index < -0.39 is 48.3 Å².